The van der Waals surface area contributed by atoms with Crippen LogP contribution in [0.5, 0.6) is 0 Å². The largest absolute Gasteiger partial charge is 0.382 e. The third-order valence-corrected chi connectivity index (χ3v) is 4.02. The Hall–Kier alpha value is -1.17. The average molecular weight is 352 g/mol. The highest BCUT2D eigenvalue weighted by molar-refractivity contribution is 9.10. The van der Waals surface area contributed by atoms with Crippen molar-refractivity contribution in [2.45, 2.75) is 26.5 Å². The van der Waals surface area contributed by atoms with Crippen LogP contribution in [0, 0.1) is 13.8 Å². The zero-order valence-corrected chi connectivity index (χ0v) is 14.6. The van der Waals surface area contributed by atoms with Gasteiger partial charge in [-0.1, -0.05) is 29.3 Å². The molecule has 0 amide bonds. The van der Waals surface area contributed by atoms with Crippen molar-refractivity contribution in [1.29, 1.82) is 0 Å². The van der Waals surface area contributed by atoms with E-state index >= 15 is 0 Å². The second-order valence-electron chi connectivity index (χ2n) is 5.73. The van der Waals surface area contributed by atoms with Crippen molar-refractivity contribution in [3.63, 3.8) is 0 Å². The standard InChI is InChI=1S/C16H22BrN3O/c1-11-7-12(2)9-13(8-11)16(21)15-14(17)10-18-20(15)6-5-19(3)4/h7-10,16,21H,5-6H2,1-4H3. The minimum absolute atomic E-state index is 0.678. The highest BCUT2D eigenvalue weighted by atomic mass is 79.9. The molecule has 2 aromatic rings. The molecule has 1 unspecified atom stereocenters. The van der Waals surface area contributed by atoms with E-state index in [1.165, 1.54) is 0 Å². The Kier molecular flexibility index (Phi) is 5.19. The lowest BCUT2D eigenvalue weighted by atomic mass is 10.0. The van der Waals surface area contributed by atoms with Crippen LogP contribution in [-0.4, -0.2) is 40.4 Å². The van der Waals surface area contributed by atoms with Gasteiger partial charge in [0.25, 0.3) is 0 Å². The molecule has 0 radical (unpaired) electrons. The predicted octanol–water partition coefficient (Wildman–Crippen LogP) is 2.91. The fraction of sp³-hybridized carbons (Fsp3) is 0.438. The lowest BCUT2D eigenvalue weighted by Crippen LogP contribution is -2.21. The third kappa shape index (κ3) is 3.93. The molecule has 0 saturated heterocycles. The first-order chi connectivity index (χ1) is 9.88. The van der Waals surface area contributed by atoms with Gasteiger partial charge in [0.15, 0.2) is 0 Å². The van der Waals surface area contributed by atoms with E-state index in [2.05, 4.69) is 32.0 Å². The van der Waals surface area contributed by atoms with Gasteiger partial charge < -0.3 is 10.0 Å². The molecule has 114 valence electrons. The number of aryl methyl sites for hydroxylation is 2. The summed E-state index contributed by atoms with van der Waals surface area (Å²) in [6.07, 6.45) is 1.07. The van der Waals surface area contributed by atoms with Gasteiger partial charge >= 0.3 is 0 Å². The summed E-state index contributed by atoms with van der Waals surface area (Å²) in [7, 11) is 4.05. The molecular formula is C16H22BrN3O. The highest BCUT2D eigenvalue weighted by Crippen LogP contribution is 2.29. The number of hydrogen-bond donors (Lipinski definition) is 1. The van der Waals surface area contributed by atoms with E-state index in [4.69, 9.17) is 0 Å². The first-order valence-corrected chi connectivity index (χ1v) is 7.80. The first-order valence-electron chi connectivity index (χ1n) is 7.00. The van der Waals surface area contributed by atoms with Crippen molar-refractivity contribution in [1.82, 2.24) is 14.7 Å². The van der Waals surface area contributed by atoms with E-state index in [9.17, 15) is 5.11 Å². The number of likely N-dealkylation sites (N-methyl/N-ethyl adjacent to an activating group) is 1. The Bertz CT molecular complexity index is 602. The van der Waals surface area contributed by atoms with Crippen LogP contribution in [0.15, 0.2) is 28.9 Å². The van der Waals surface area contributed by atoms with Gasteiger partial charge in [-0.05, 0) is 49.4 Å². The number of benzene rings is 1. The van der Waals surface area contributed by atoms with Crippen molar-refractivity contribution in [2.75, 3.05) is 20.6 Å². The number of nitrogens with zero attached hydrogens (tertiary/aromatic N) is 3. The molecule has 0 spiro atoms. The van der Waals surface area contributed by atoms with Crippen molar-refractivity contribution >= 4 is 15.9 Å². The number of aromatic nitrogens is 2. The van der Waals surface area contributed by atoms with Gasteiger partial charge in [0.05, 0.1) is 22.9 Å². The summed E-state index contributed by atoms with van der Waals surface area (Å²) in [6, 6.07) is 6.15. The van der Waals surface area contributed by atoms with E-state index in [-0.39, 0.29) is 0 Å². The van der Waals surface area contributed by atoms with Crippen LogP contribution >= 0.6 is 15.9 Å². The van der Waals surface area contributed by atoms with Crippen LogP contribution in [-0.2, 0) is 6.54 Å². The first kappa shape index (κ1) is 16.2. The van der Waals surface area contributed by atoms with Crippen LogP contribution in [0.25, 0.3) is 0 Å². The smallest absolute Gasteiger partial charge is 0.122 e. The van der Waals surface area contributed by atoms with Crippen LogP contribution in [0.3, 0.4) is 0 Å². The van der Waals surface area contributed by atoms with Crippen molar-refractivity contribution in [2.24, 2.45) is 0 Å². The molecule has 4 nitrogen and oxygen atoms in total. The van der Waals surface area contributed by atoms with Gasteiger partial charge in [0, 0.05) is 6.54 Å². The van der Waals surface area contributed by atoms with Gasteiger partial charge in [-0.15, -0.1) is 0 Å². The molecule has 0 fully saturated rings. The molecule has 1 atom stereocenters. The Morgan fingerprint density at radius 1 is 1.24 bits per heavy atom. The molecule has 0 aliphatic carbocycles. The average Bonchev–Trinajstić information content (AvgIpc) is 2.75. The maximum atomic E-state index is 10.8. The van der Waals surface area contributed by atoms with Gasteiger partial charge in [0.2, 0.25) is 0 Å². The zero-order valence-electron chi connectivity index (χ0n) is 13.0. The van der Waals surface area contributed by atoms with Gasteiger partial charge in [-0.2, -0.15) is 5.10 Å². The second kappa shape index (κ2) is 6.73. The number of aliphatic hydroxyl groups excluding tert-OH is 1. The summed E-state index contributed by atoms with van der Waals surface area (Å²) < 4.78 is 2.71. The quantitative estimate of drug-likeness (QED) is 0.900. The highest BCUT2D eigenvalue weighted by Gasteiger charge is 2.20. The summed E-state index contributed by atoms with van der Waals surface area (Å²) in [5.41, 5.74) is 4.01. The fourth-order valence-electron chi connectivity index (χ4n) is 2.44. The zero-order chi connectivity index (χ0) is 15.6. The lowest BCUT2D eigenvalue weighted by molar-refractivity contribution is 0.204. The van der Waals surface area contributed by atoms with E-state index in [1.807, 2.05) is 44.8 Å². The van der Waals surface area contributed by atoms with Gasteiger partial charge in [-0.25, -0.2) is 0 Å². The van der Waals surface area contributed by atoms with E-state index < -0.39 is 6.10 Å². The Balaban J connectivity index is 2.33. The summed E-state index contributed by atoms with van der Waals surface area (Å²) in [5.74, 6) is 0. The molecule has 2 rings (SSSR count). The van der Waals surface area contributed by atoms with Crippen molar-refractivity contribution in [3.8, 4) is 0 Å². The van der Waals surface area contributed by atoms with Crippen LogP contribution < -0.4 is 0 Å². The molecule has 1 aromatic heterocycles. The summed E-state index contributed by atoms with van der Waals surface area (Å²) >= 11 is 3.50. The van der Waals surface area contributed by atoms with Crippen LogP contribution in [0.2, 0.25) is 0 Å². The van der Waals surface area contributed by atoms with E-state index in [0.29, 0.717) is 0 Å². The maximum Gasteiger partial charge on any atom is 0.122 e. The molecule has 1 heterocycles. The molecule has 0 aliphatic heterocycles. The Morgan fingerprint density at radius 2 is 1.86 bits per heavy atom. The summed E-state index contributed by atoms with van der Waals surface area (Å²) in [4.78, 5) is 2.10. The van der Waals surface area contributed by atoms with E-state index in [1.54, 1.807) is 6.20 Å². The molecule has 1 aromatic carbocycles. The maximum absolute atomic E-state index is 10.8. The van der Waals surface area contributed by atoms with Gasteiger partial charge in [0.1, 0.15) is 6.10 Å². The second-order valence-corrected chi connectivity index (χ2v) is 6.58. The Labute approximate surface area is 134 Å². The molecule has 21 heavy (non-hydrogen) atoms. The molecule has 1 N–H and O–H groups in total. The minimum Gasteiger partial charge on any atom is -0.382 e. The Morgan fingerprint density at radius 3 is 2.43 bits per heavy atom. The molecule has 0 bridgehead atoms. The minimum atomic E-state index is -0.678. The summed E-state index contributed by atoms with van der Waals surface area (Å²) in [6.45, 7) is 5.71. The molecule has 0 saturated carbocycles. The van der Waals surface area contributed by atoms with Crippen LogP contribution in [0.4, 0.5) is 0 Å². The number of aliphatic hydroxyl groups is 1. The fourth-order valence-corrected chi connectivity index (χ4v) is 2.96. The van der Waals surface area contributed by atoms with Crippen LogP contribution in [0.1, 0.15) is 28.5 Å². The van der Waals surface area contributed by atoms with Gasteiger partial charge in [-0.3, -0.25) is 4.68 Å². The lowest BCUT2D eigenvalue weighted by Gasteiger charge is -2.17. The predicted molar refractivity (Wildman–Crippen MR) is 88.5 cm³/mol. The van der Waals surface area contributed by atoms with Crippen molar-refractivity contribution in [3.05, 3.63) is 51.3 Å². The monoisotopic (exact) mass is 351 g/mol. The number of rotatable bonds is 5. The third-order valence-electron chi connectivity index (χ3n) is 3.41. The normalized spacial score (nSPS) is 12.9. The molecular weight excluding hydrogens is 330 g/mol. The molecule has 5 heteroatoms. The van der Waals surface area contributed by atoms with Crippen molar-refractivity contribution < 1.29 is 5.11 Å². The number of halogens is 1. The SMILES string of the molecule is Cc1cc(C)cc(C(O)c2c(Br)cnn2CCN(C)C)c1. The summed E-state index contributed by atoms with van der Waals surface area (Å²) in [5, 5.41) is 15.1. The van der Waals surface area contributed by atoms with E-state index in [0.717, 1.165) is 39.9 Å². The number of hydrogen-bond acceptors (Lipinski definition) is 3. The topological polar surface area (TPSA) is 41.3 Å². The molecule has 0 aliphatic rings.